The van der Waals surface area contributed by atoms with E-state index in [9.17, 15) is 5.11 Å². The van der Waals surface area contributed by atoms with Gasteiger partial charge in [-0.2, -0.15) is 0 Å². The van der Waals surface area contributed by atoms with Crippen molar-refractivity contribution in [1.82, 2.24) is 9.56 Å². The van der Waals surface area contributed by atoms with Crippen molar-refractivity contribution in [3.8, 4) is 17.2 Å². The molecule has 27 heavy (non-hydrogen) atoms. The van der Waals surface area contributed by atoms with Gasteiger partial charge in [0.05, 0.1) is 5.56 Å². The maximum Gasteiger partial charge on any atom is 0.248 e. The number of hydrogen-bond acceptors (Lipinski definition) is 4. The third-order valence-corrected chi connectivity index (χ3v) is 5.40. The summed E-state index contributed by atoms with van der Waals surface area (Å²) in [7, 11) is 1.97. The number of aromatic hydroxyl groups is 1. The van der Waals surface area contributed by atoms with Crippen LogP contribution in [0.5, 0.6) is 5.75 Å². The number of rotatable bonds is 5. The highest BCUT2D eigenvalue weighted by Crippen LogP contribution is 2.33. The maximum absolute atomic E-state index is 10.5. The van der Waals surface area contributed by atoms with E-state index in [1.165, 1.54) is 11.3 Å². The molecule has 1 heterocycles. The molecule has 0 aromatic heterocycles. The van der Waals surface area contributed by atoms with Crippen molar-refractivity contribution >= 4 is 16.8 Å². The second-order valence-corrected chi connectivity index (χ2v) is 6.92. The van der Waals surface area contributed by atoms with Crippen LogP contribution in [0.2, 0.25) is 0 Å². The Labute approximate surface area is 160 Å². The lowest BCUT2D eigenvalue weighted by atomic mass is 10.1. The molecule has 0 unspecified atom stereocenters. The molecule has 0 saturated heterocycles. The number of fused-ring (bicyclic) bond motifs is 2. The third kappa shape index (κ3) is 3.27. The number of aromatic nitrogens is 1. The molecule has 0 radical (unpaired) electrons. The van der Waals surface area contributed by atoms with E-state index in [0.717, 1.165) is 53.8 Å². The summed E-state index contributed by atoms with van der Waals surface area (Å²) in [5.41, 5.74) is 5.67. The van der Waals surface area contributed by atoms with E-state index in [1.807, 2.05) is 18.5 Å². The van der Waals surface area contributed by atoms with E-state index < -0.39 is 0 Å². The topological polar surface area (TPSA) is 52.5 Å². The molecule has 1 N–H and O–H groups in total. The molecule has 0 atom stereocenters. The third-order valence-electron chi connectivity index (χ3n) is 5.40. The average molecular weight is 369 g/mol. The minimum absolute atomic E-state index is 0.238. The minimum atomic E-state index is 0.238. The largest absolute Gasteiger partial charge is 0.502 e. The first kappa shape index (κ1) is 19.2. The van der Waals surface area contributed by atoms with Gasteiger partial charge in [-0.15, -0.1) is 0 Å². The Morgan fingerprint density at radius 1 is 1.11 bits per heavy atom. The quantitative estimate of drug-likeness (QED) is 0.550. The molecular formula is C22H30N3O2+. The molecule has 2 aliphatic rings. The Hall–Kier alpha value is -2.56. The lowest BCUT2D eigenvalue weighted by Crippen LogP contribution is -2.29. The highest BCUT2D eigenvalue weighted by molar-refractivity contribution is 5.83. The van der Waals surface area contributed by atoms with Gasteiger partial charge in [-0.1, -0.05) is 6.92 Å². The first-order valence-corrected chi connectivity index (χ1v) is 9.84. The molecule has 144 valence electrons. The smallest absolute Gasteiger partial charge is 0.248 e. The van der Waals surface area contributed by atoms with Crippen molar-refractivity contribution in [2.45, 2.75) is 41.0 Å². The zero-order valence-corrected chi connectivity index (χ0v) is 17.3. The number of phenolic OH excluding ortho intramolecular Hbond substituents is 1. The number of nitrogens with zero attached hydrogens (tertiary/aromatic N) is 3. The van der Waals surface area contributed by atoms with Crippen LogP contribution >= 0.6 is 0 Å². The van der Waals surface area contributed by atoms with Crippen LogP contribution in [0.25, 0.3) is 22.6 Å². The molecule has 0 bridgehead atoms. The van der Waals surface area contributed by atoms with E-state index in [1.54, 1.807) is 6.07 Å². The van der Waals surface area contributed by atoms with Gasteiger partial charge in [-0.25, -0.2) is 9.56 Å². The lowest BCUT2D eigenvalue weighted by Gasteiger charge is -2.24. The number of benzene rings is 2. The highest BCUT2D eigenvalue weighted by Gasteiger charge is 2.21. The van der Waals surface area contributed by atoms with Crippen LogP contribution in [-0.4, -0.2) is 36.8 Å². The summed E-state index contributed by atoms with van der Waals surface area (Å²) >= 11 is 0. The van der Waals surface area contributed by atoms with E-state index in [4.69, 9.17) is 9.40 Å². The SMILES string of the molecule is CCc1cc2nc3cc(O)/c(=[N+](\C)CC)c(C)c-3oc2cc1N(CC)CC. The first-order valence-electron chi connectivity index (χ1n) is 9.84. The van der Waals surface area contributed by atoms with Crippen LogP contribution in [0.3, 0.4) is 0 Å². The summed E-state index contributed by atoms with van der Waals surface area (Å²) in [6.07, 6.45) is 0.937. The highest BCUT2D eigenvalue weighted by atomic mass is 16.3. The fraction of sp³-hybridized carbons (Fsp3) is 0.455. The van der Waals surface area contributed by atoms with Crippen molar-refractivity contribution in [3.63, 3.8) is 0 Å². The second-order valence-electron chi connectivity index (χ2n) is 6.92. The molecule has 3 rings (SSSR count). The summed E-state index contributed by atoms with van der Waals surface area (Å²) < 4.78 is 8.34. The zero-order chi connectivity index (χ0) is 19.7. The fourth-order valence-corrected chi connectivity index (χ4v) is 3.76. The number of phenols is 1. The van der Waals surface area contributed by atoms with Gasteiger partial charge in [0.15, 0.2) is 17.1 Å². The molecule has 5 heteroatoms. The van der Waals surface area contributed by atoms with E-state index >= 15 is 0 Å². The Bertz CT molecular complexity index is 1020. The van der Waals surface area contributed by atoms with Gasteiger partial charge in [0, 0.05) is 30.9 Å². The number of hydrogen-bond donors (Lipinski definition) is 1. The van der Waals surface area contributed by atoms with Crippen molar-refractivity contribution in [1.29, 1.82) is 0 Å². The predicted octanol–water partition coefficient (Wildman–Crippen LogP) is 3.78. The fourth-order valence-electron chi connectivity index (χ4n) is 3.76. The van der Waals surface area contributed by atoms with Crippen LogP contribution in [0.1, 0.15) is 38.8 Å². The van der Waals surface area contributed by atoms with Crippen LogP contribution in [-0.2, 0) is 6.42 Å². The molecule has 1 aliphatic heterocycles. The van der Waals surface area contributed by atoms with Gasteiger partial charge in [-0.3, -0.25) is 0 Å². The van der Waals surface area contributed by atoms with Crippen molar-refractivity contribution in [3.05, 3.63) is 34.7 Å². The number of aryl methyl sites for hydroxylation is 1. The standard InChI is InChI=1S/C22H29N3O2/c1-7-15-11-16-20(13-18(15)25(9-3)10-4)27-22-14(5)21(24(6)8-2)19(26)12-17(22)23-16/h11-13H,7-10H2,1-6H3/p+1. The zero-order valence-electron chi connectivity index (χ0n) is 17.3. The molecule has 0 saturated carbocycles. The summed E-state index contributed by atoms with van der Waals surface area (Å²) in [6, 6.07) is 5.93. The van der Waals surface area contributed by atoms with Crippen molar-refractivity contribution in [2.24, 2.45) is 0 Å². The second kappa shape index (κ2) is 7.59. The summed E-state index contributed by atoms with van der Waals surface area (Å²) in [5.74, 6) is 0.965. The Kier molecular flexibility index (Phi) is 5.40. The molecule has 1 aromatic rings. The van der Waals surface area contributed by atoms with Gasteiger partial charge in [-0.05, 0) is 45.7 Å². The molecular weight excluding hydrogens is 338 g/mol. The summed E-state index contributed by atoms with van der Waals surface area (Å²) in [6.45, 7) is 13.2. The monoisotopic (exact) mass is 368 g/mol. The average Bonchev–Trinajstić information content (AvgIpc) is 2.67. The van der Waals surface area contributed by atoms with Crippen LogP contribution in [0, 0.1) is 6.92 Å². The maximum atomic E-state index is 10.5. The molecule has 5 nitrogen and oxygen atoms in total. The Balaban J connectivity index is 2.38. The normalized spacial score (nSPS) is 12.7. The summed E-state index contributed by atoms with van der Waals surface area (Å²) in [4.78, 5) is 7.14. The molecule has 0 fully saturated rings. The van der Waals surface area contributed by atoms with E-state index in [-0.39, 0.29) is 5.75 Å². The van der Waals surface area contributed by atoms with Gasteiger partial charge in [0.2, 0.25) is 5.36 Å². The van der Waals surface area contributed by atoms with Gasteiger partial charge < -0.3 is 14.4 Å². The lowest BCUT2D eigenvalue weighted by molar-refractivity contribution is 0.456. The van der Waals surface area contributed by atoms with Crippen LogP contribution < -0.4 is 14.8 Å². The van der Waals surface area contributed by atoms with Crippen molar-refractivity contribution < 1.29 is 9.52 Å². The van der Waals surface area contributed by atoms with Crippen LogP contribution in [0.4, 0.5) is 5.69 Å². The molecule has 1 aromatic carbocycles. The van der Waals surface area contributed by atoms with E-state index in [0.29, 0.717) is 5.69 Å². The van der Waals surface area contributed by atoms with Gasteiger partial charge in [0.25, 0.3) is 0 Å². The molecule has 0 amide bonds. The first-order chi connectivity index (χ1) is 12.9. The van der Waals surface area contributed by atoms with E-state index in [2.05, 4.69) is 44.7 Å². The summed E-state index contributed by atoms with van der Waals surface area (Å²) in [5, 5.41) is 11.3. The van der Waals surface area contributed by atoms with Crippen LogP contribution in [0.15, 0.2) is 22.6 Å². The van der Waals surface area contributed by atoms with Crippen molar-refractivity contribution in [2.75, 3.05) is 31.6 Å². The molecule has 1 aliphatic carbocycles. The predicted molar refractivity (Wildman–Crippen MR) is 112 cm³/mol. The Morgan fingerprint density at radius 3 is 2.41 bits per heavy atom. The van der Waals surface area contributed by atoms with Gasteiger partial charge in [0.1, 0.15) is 24.8 Å². The minimum Gasteiger partial charge on any atom is -0.502 e. The number of anilines is 1. The Morgan fingerprint density at radius 2 is 1.81 bits per heavy atom. The molecule has 0 spiro atoms. The van der Waals surface area contributed by atoms with Gasteiger partial charge >= 0.3 is 0 Å².